The lowest BCUT2D eigenvalue weighted by Gasteiger charge is -2.05. The van der Waals surface area contributed by atoms with Crippen molar-refractivity contribution in [1.29, 1.82) is 0 Å². The van der Waals surface area contributed by atoms with Gasteiger partial charge in [0.25, 0.3) is 0 Å². The van der Waals surface area contributed by atoms with E-state index in [9.17, 15) is 5.21 Å². The minimum Gasteiger partial charge on any atom is -0.624 e. The van der Waals surface area contributed by atoms with Crippen molar-refractivity contribution in [2.75, 3.05) is 13.2 Å². The number of rotatable bonds is 3. The Morgan fingerprint density at radius 1 is 1.90 bits per heavy atom. The second-order valence-electron chi connectivity index (χ2n) is 2.26. The summed E-state index contributed by atoms with van der Waals surface area (Å²) < 4.78 is 6.14. The van der Waals surface area contributed by atoms with Gasteiger partial charge in [-0.15, -0.1) is 6.58 Å². The van der Waals surface area contributed by atoms with Crippen LogP contribution in [0.5, 0.6) is 0 Å². The molecule has 0 amide bonds. The summed E-state index contributed by atoms with van der Waals surface area (Å²) in [5.41, 5.74) is 0. The Morgan fingerprint density at radius 2 is 2.70 bits per heavy atom. The number of hydroxylamine groups is 1. The van der Waals surface area contributed by atoms with Gasteiger partial charge in [0.1, 0.15) is 6.10 Å². The fourth-order valence-electron chi connectivity index (χ4n) is 0.910. The van der Waals surface area contributed by atoms with E-state index in [-0.39, 0.29) is 6.10 Å². The van der Waals surface area contributed by atoms with Crippen LogP contribution in [0.15, 0.2) is 12.7 Å². The first kappa shape index (κ1) is 7.28. The lowest BCUT2D eigenvalue weighted by molar-refractivity contribution is -0.452. The Labute approximate surface area is 60.2 Å². The SMILES string of the molecule is C=CCO[C@H]1CC=[N+]([O-])C1. The molecule has 0 aliphatic carbocycles. The van der Waals surface area contributed by atoms with E-state index in [1.54, 1.807) is 12.3 Å². The summed E-state index contributed by atoms with van der Waals surface area (Å²) in [6, 6.07) is 0. The molecule has 1 rings (SSSR count). The van der Waals surface area contributed by atoms with Crippen LogP contribution in [0, 0.1) is 5.21 Å². The van der Waals surface area contributed by atoms with Crippen LogP contribution in [0.1, 0.15) is 6.42 Å². The molecule has 1 aliphatic heterocycles. The van der Waals surface area contributed by atoms with E-state index in [1.165, 1.54) is 0 Å². The Balaban J connectivity index is 2.16. The second-order valence-corrected chi connectivity index (χ2v) is 2.26. The lowest BCUT2D eigenvalue weighted by Crippen LogP contribution is -2.16. The molecule has 0 unspecified atom stereocenters. The first-order valence-corrected chi connectivity index (χ1v) is 3.32. The topological polar surface area (TPSA) is 35.3 Å². The number of ether oxygens (including phenoxy) is 1. The zero-order valence-corrected chi connectivity index (χ0v) is 5.82. The van der Waals surface area contributed by atoms with E-state index in [0.717, 1.165) is 11.2 Å². The van der Waals surface area contributed by atoms with Gasteiger partial charge in [-0.3, -0.25) is 0 Å². The Bertz CT molecular complexity index is 154. The molecule has 0 aromatic heterocycles. The molecule has 1 atom stereocenters. The van der Waals surface area contributed by atoms with Crippen LogP contribution in [-0.2, 0) is 4.74 Å². The number of hydrogen-bond donors (Lipinski definition) is 0. The summed E-state index contributed by atoms with van der Waals surface area (Å²) in [4.78, 5) is 0. The van der Waals surface area contributed by atoms with E-state index in [1.807, 2.05) is 0 Å². The van der Waals surface area contributed by atoms with E-state index in [0.29, 0.717) is 13.2 Å². The molecule has 0 N–H and O–H groups in total. The van der Waals surface area contributed by atoms with Crippen LogP contribution in [0.2, 0.25) is 0 Å². The third kappa shape index (κ3) is 1.84. The van der Waals surface area contributed by atoms with Crippen molar-refractivity contribution in [1.82, 2.24) is 0 Å². The minimum atomic E-state index is 0.0792. The van der Waals surface area contributed by atoms with E-state index in [4.69, 9.17) is 4.74 Å². The van der Waals surface area contributed by atoms with Crippen LogP contribution >= 0.6 is 0 Å². The average Bonchev–Trinajstić information content (AvgIpc) is 2.31. The van der Waals surface area contributed by atoms with Gasteiger partial charge < -0.3 is 9.94 Å². The van der Waals surface area contributed by atoms with Gasteiger partial charge in [-0.2, -0.15) is 0 Å². The molecule has 0 fully saturated rings. The van der Waals surface area contributed by atoms with Gasteiger partial charge in [-0.1, -0.05) is 6.08 Å². The monoisotopic (exact) mass is 141 g/mol. The van der Waals surface area contributed by atoms with Gasteiger partial charge in [0.2, 0.25) is 0 Å². The molecule has 0 aromatic rings. The van der Waals surface area contributed by atoms with Crippen molar-refractivity contribution in [3.8, 4) is 0 Å². The quantitative estimate of drug-likeness (QED) is 0.326. The largest absolute Gasteiger partial charge is 0.624 e. The maximum atomic E-state index is 10.6. The van der Waals surface area contributed by atoms with Gasteiger partial charge in [-0.05, 0) is 0 Å². The van der Waals surface area contributed by atoms with Crippen molar-refractivity contribution < 1.29 is 9.48 Å². The van der Waals surface area contributed by atoms with E-state index >= 15 is 0 Å². The van der Waals surface area contributed by atoms with Crippen molar-refractivity contribution in [2.45, 2.75) is 12.5 Å². The van der Waals surface area contributed by atoms with Gasteiger partial charge in [0, 0.05) is 0 Å². The average molecular weight is 141 g/mol. The van der Waals surface area contributed by atoms with Crippen molar-refractivity contribution in [3.05, 3.63) is 17.9 Å². The molecule has 0 saturated heterocycles. The third-order valence-corrected chi connectivity index (χ3v) is 1.41. The molecule has 1 aliphatic rings. The predicted molar refractivity (Wildman–Crippen MR) is 39.1 cm³/mol. The molecule has 10 heavy (non-hydrogen) atoms. The Hall–Kier alpha value is -0.830. The van der Waals surface area contributed by atoms with Crippen LogP contribution < -0.4 is 0 Å². The van der Waals surface area contributed by atoms with Crippen LogP contribution in [0.4, 0.5) is 0 Å². The van der Waals surface area contributed by atoms with Gasteiger partial charge in [0.15, 0.2) is 12.8 Å². The summed E-state index contributed by atoms with van der Waals surface area (Å²) >= 11 is 0. The zero-order chi connectivity index (χ0) is 7.40. The summed E-state index contributed by atoms with van der Waals surface area (Å²) in [5.74, 6) is 0. The molecule has 56 valence electrons. The lowest BCUT2D eigenvalue weighted by atomic mass is 10.3. The van der Waals surface area contributed by atoms with Crippen LogP contribution in [-0.4, -0.2) is 30.2 Å². The van der Waals surface area contributed by atoms with Crippen molar-refractivity contribution in [3.63, 3.8) is 0 Å². The van der Waals surface area contributed by atoms with E-state index in [2.05, 4.69) is 6.58 Å². The van der Waals surface area contributed by atoms with Gasteiger partial charge in [0.05, 0.1) is 13.0 Å². The Morgan fingerprint density at radius 3 is 3.20 bits per heavy atom. The van der Waals surface area contributed by atoms with Crippen molar-refractivity contribution >= 4 is 6.21 Å². The molecule has 0 spiro atoms. The highest BCUT2D eigenvalue weighted by Gasteiger charge is 2.18. The third-order valence-electron chi connectivity index (χ3n) is 1.41. The highest BCUT2D eigenvalue weighted by atomic mass is 16.5. The number of nitrogens with zero attached hydrogens (tertiary/aromatic N) is 1. The fourth-order valence-corrected chi connectivity index (χ4v) is 0.910. The number of hydrogen-bond acceptors (Lipinski definition) is 2. The summed E-state index contributed by atoms with van der Waals surface area (Å²) in [7, 11) is 0. The van der Waals surface area contributed by atoms with Crippen LogP contribution in [0.25, 0.3) is 0 Å². The molecule has 1 heterocycles. The highest BCUT2D eigenvalue weighted by molar-refractivity contribution is 5.53. The van der Waals surface area contributed by atoms with Crippen molar-refractivity contribution in [2.24, 2.45) is 0 Å². The van der Waals surface area contributed by atoms with Crippen LogP contribution in [0.3, 0.4) is 0 Å². The molecular weight excluding hydrogens is 130 g/mol. The first-order chi connectivity index (χ1) is 4.83. The van der Waals surface area contributed by atoms with Gasteiger partial charge in [-0.25, -0.2) is 4.74 Å². The maximum Gasteiger partial charge on any atom is 0.179 e. The fraction of sp³-hybridized carbons (Fsp3) is 0.571. The molecule has 0 saturated carbocycles. The summed E-state index contributed by atoms with van der Waals surface area (Å²) in [6.07, 6.45) is 4.11. The summed E-state index contributed by atoms with van der Waals surface area (Å²) in [6.45, 7) is 4.51. The zero-order valence-electron chi connectivity index (χ0n) is 5.82. The molecule has 0 bridgehead atoms. The predicted octanol–water partition coefficient (Wildman–Crippen LogP) is 0.542. The molecule has 3 nitrogen and oxygen atoms in total. The second kappa shape index (κ2) is 3.37. The van der Waals surface area contributed by atoms with E-state index < -0.39 is 0 Å². The molecular formula is C7H11NO2. The van der Waals surface area contributed by atoms with Gasteiger partial charge >= 0.3 is 0 Å². The Kier molecular flexibility index (Phi) is 2.45. The first-order valence-electron chi connectivity index (χ1n) is 3.32. The highest BCUT2D eigenvalue weighted by Crippen LogP contribution is 2.02. The maximum absolute atomic E-state index is 10.6. The molecule has 3 heteroatoms. The minimum absolute atomic E-state index is 0.0792. The normalized spacial score (nSPS) is 24.4. The standard InChI is InChI=1S/C7H11NO2/c1-2-5-10-7-3-4-8(9)6-7/h2,4,7H,1,3,5-6H2/t7-/m0/s1. The molecule has 0 aromatic carbocycles. The smallest absolute Gasteiger partial charge is 0.179 e. The summed E-state index contributed by atoms with van der Waals surface area (Å²) in [5, 5.41) is 10.6. The molecule has 0 radical (unpaired) electrons.